The van der Waals surface area contributed by atoms with Crippen LogP contribution in [-0.2, 0) is 0 Å². The zero-order valence-corrected chi connectivity index (χ0v) is 14.0. The number of hydrogen-bond donors (Lipinski definition) is 2. The summed E-state index contributed by atoms with van der Waals surface area (Å²) in [6, 6.07) is 12.1. The van der Waals surface area contributed by atoms with Crippen molar-refractivity contribution in [3.63, 3.8) is 0 Å². The van der Waals surface area contributed by atoms with Gasteiger partial charge in [0.25, 0.3) is 0 Å². The summed E-state index contributed by atoms with van der Waals surface area (Å²) in [4.78, 5) is 0. The molecule has 0 saturated heterocycles. The van der Waals surface area contributed by atoms with Gasteiger partial charge in [0.15, 0.2) is 5.11 Å². The summed E-state index contributed by atoms with van der Waals surface area (Å²) in [7, 11) is 0. The zero-order valence-electron chi connectivity index (χ0n) is 13.2. The second kappa shape index (κ2) is 8.35. The van der Waals surface area contributed by atoms with Crippen molar-refractivity contribution in [1.29, 1.82) is 0 Å². The van der Waals surface area contributed by atoms with Crippen molar-refractivity contribution in [2.75, 3.05) is 5.32 Å². The first-order valence-electron chi connectivity index (χ1n) is 7.16. The summed E-state index contributed by atoms with van der Waals surface area (Å²) >= 11 is 5.17. The van der Waals surface area contributed by atoms with Crippen molar-refractivity contribution in [3.05, 3.63) is 59.2 Å². The maximum Gasteiger partial charge on any atom is 0.387 e. The molecule has 4 nitrogen and oxygen atoms in total. The highest BCUT2D eigenvalue weighted by atomic mass is 32.1. The molecule has 0 aromatic heterocycles. The molecule has 0 saturated carbocycles. The average molecular weight is 349 g/mol. The van der Waals surface area contributed by atoms with Crippen LogP contribution in [0.5, 0.6) is 5.75 Å². The van der Waals surface area contributed by atoms with Gasteiger partial charge in [0.1, 0.15) is 5.75 Å². The van der Waals surface area contributed by atoms with Crippen molar-refractivity contribution in [2.24, 2.45) is 5.10 Å². The molecule has 7 heteroatoms. The molecule has 0 aliphatic carbocycles. The Balaban J connectivity index is 1.87. The smallest absolute Gasteiger partial charge is 0.387 e. The Labute approximate surface area is 144 Å². The second-order valence-electron chi connectivity index (χ2n) is 5.09. The van der Waals surface area contributed by atoms with E-state index in [0.29, 0.717) is 5.11 Å². The van der Waals surface area contributed by atoms with Crippen LogP contribution in [0.25, 0.3) is 0 Å². The van der Waals surface area contributed by atoms with E-state index in [-0.39, 0.29) is 5.75 Å². The summed E-state index contributed by atoms with van der Waals surface area (Å²) < 4.78 is 28.4. The minimum absolute atomic E-state index is 0.0992. The van der Waals surface area contributed by atoms with Crippen LogP contribution in [0.4, 0.5) is 14.5 Å². The van der Waals surface area contributed by atoms with Gasteiger partial charge in [0.2, 0.25) is 0 Å². The van der Waals surface area contributed by atoms with E-state index in [4.69, 9.17) is 12.2 Å². The molecular weight excluding hydrogens is 332 g/mol. The Hall–Kier alpha value is -2.54. The van der Waals surface area contributed by atoms with Crippen molar-refractivity contribution in [2.45, 2.75) is 20.5 Å². The highest BCUT2D eigenvalue weighted by Crippen LogP contribution is 2.16. The van der Waals surface area contributed by atoms with E-state index in [2.05, 4.69) is 26.6 Å². The maximum atomic E-state index is 12.1. The van der Waals surface area contributed by atoms with E-state index in [1.807, 2.05) is 26.0 Å². The van der Waals surface area contributed by atoms with Gasteiger partial charge >= 0.3 is 6.61 Å². The van der Waals surface area contributed by atoms with Crippen LogP contribution in [0.2, 0.25) is 0 Å². The number of aryl methyl sites for hydroxylation is 2. The second-order valence-corrected chi connectivity index (χ2v) is 5.50. The van der Waals surface area contributed by atoms with Gasteiger partial charge in [-0.1, -0.05) is 17.7 Å². The van der Waals surface area contributed by atoms with Crippen LogP contribution < -0.4 is 15.5 Å². The number of halogens is 2. The average Bonchev–Trinajstić information content (AvgIpc) is 2.51. The number of alkyl halides is 2. The lowest BCUT2D eigenvalue weighted by Gasteiger charge is -2.10. The van der Waals surface area contributed by atoms with Gasteiger partial charge in [-0.05, 0) is 67.5 Å². The lowest BCUT2D eigenvalue weighted by atomic mass is 10.1. The standard InChI is InChI=1S/C17H17F2N3OS/c1-11-3-8-15(12(2)9-11)21-17(24)22-20-10-13-4-6-14(7-5-13)23-16(18)19/h3-10,16H,1-2H3,(H2,21,22,24). The number of anilines is 1. The third-order valence-corrected chi connectivity index (χ3v) is 3.31. The molecule has 0 spiro atoms. The molecule has 2 aromatic rings. The highest BCUT2D eigenvalue weighted by Gasteiger charge is 2.03. The first-order valence-corrected chi connectivity index (χ1v) is 7.57. The number of ether oxygens (including phenoxy) is 1. The highest BCUT2D eigenvalue weighted by molar-refractivity contribution is 7.80. The first kappa shape index (κ1) is 17.8. The van der Waals surface area contributed by atoms with Crippen LogP contribution >= 0.6 is 12.2 Å². The Morgan fingerprint density at radius 1 is 1.17 bits per heavy atom. The molecule has 0 aliphatic heterocycles. The molecule has 0 atom stereocenters. The van der Waals surface area contributed by atoms with Crippen LogP contribution in [0.3, 0.4) is 0 Å². The third kappa shape index (κ3) is 5.58. The molecule has 24 heavy (non-hydrogen) atoms. The van der Waals surface area contributed by atoms with Crippen molar-refractivity contribution in [1.82, 2.24) is 5.43 Å². The van der Waals surface area contributed by atoms with Crippen LogP contribution in [0.15, 0.2) is 47.6 Å². The van der Waals surface area contributed by atoms with Crippen molar-refractivity contribution >= 4 is 29.2 Å². The van der Waals surface area contributed by atoms with Gasteiger partial charge in [-0.2, -0.15) is 13.9 Å². The van der Waals surface area contributed by atoms with E-state index < -0.39 is 6.61 Å². The van der Waals surface area contributed by atoms with Crippen molar-refractivity contribution < 1.29 is 13.5 Å². The SMILES string of the molecule is Cc1ccc(NC(=S)NN=Cc2ccc(OC(F)F)cc2)c(C)c1. The van der Waals surface area contributed by atoms with E-state index in [1.165, 1.54) is 23.9 Å². The number of benzene rings is 2. The third-order valence-electron chi connectivity index (χ3n) is 3.12. The maximum absolute atomic E-state index is 12.1. The van der Waals surface area contributed by atoms with E-state index in [0.717, 1.165) is 16.8 Å². The van der Waals surface area contributed by atoms with Gasteiger partial charge in [-0.15, -0.1) is 0 Å². The summed E-state index contributed by atoms with van der Waals surface area (Å²) in [5.74, 6) is 0.0992. The van der Waals surface area contributed by atoms with E-state index in [9.17, 15) is 8.78 Å². The fraction of sp³-hybridized carbons (Fsp3) is 0.176. The van der Waals surface area contributed by atoms with Gasteiger partial charge in [0.05, 0.1) is 6.21 Å². The van der Waals surface area contributed by atoms with Gasteiger partial charge in [-0.3, -0.25) is 5.43 Å². The summed E-state index contributed by atoms with van der Waals surface area (Å²) in [6.45, 7) is 1.18. The predicted octanol–water partition coefficient (Wildman–Crippen LogP) is 4.23. The molecule has 0 unspecified atom stereocenters. The topological polar surface area (TPSA) is 45.7 Å². The summed E-state index contributed by atoms with van der Waals surface area (Å²) in [6.07, 6.45) is 1.53. The van der Waals surface area contributed by atoms with Crippen LogP contribution in [-0.4, -0.2) is 17.9 Å². The van der Waals surface area contributed by atoms with Gasteiger partial charge in [0, 0.05) is 5.69 Å². The van der Waals surface area contributed by atoms with Crippen LogP contribution in [0, 0.1) is 13.8 Å². The Morgan fingerprint density at radius 3 is 2.50 bits per heavy atom. The molecule has 2 aromatic carbocycles. The molecule has 0 aliphatic rings. The predicted molar refractivity (Wildman–Crippen MR) is 95.9 cm³/mol. The number of hydrogen-bond acceptors (Lipinski definition) is 3. The summed E-state index contributed by atoms with van der Waals surface area (Å²) in [5.41, 5.74) is 6.59. The molecule has 0 bridgehead atoms. The minimum atomic E-state index is -2.83. The molecular formula is C17H17F2N3OS. The monoisotopic (exact) mass is 349 g/mol. The molecule has 126 valence electrons. The molecule has 2 rings (SSSR count). The minimum Gasteiger partial charge on any atom is -0.435 e. The fourth-order valence-corrected chi connectivity index (χ4v) is 2.17. The number of nitrogens with one attached hydrogen (secondary N) is 2. The normalized spacial score (nSPS) is 10.9. The van der Waals surface area contributed by atoms with Crippen molar-refractivity contribution in [3.8, 4) is 5.75 Å². The zero-order chi connectivity index (χ0) is 17.5. The number of thiocarbonyl (C=S) groups is 1. The lowest BCUT2D eigenvalue weighted by molar-refractivity contribution is -0.0498. The first-order chi connectivity index (χ1) is 11.4. The molecule has 0 radical (unpaired) electrons. The van der Waals surface area contributed by atoms with E-state index >= 15 is 0 Å². The van der Waals surface area contributed by atoms with Gasteiger partial charge < -0.3 is 10.1 Å². The molecule has 0 fully saturated rings. The van der Waals surface area contributed by atoms with Crippen LogP contribution in [0.1, 0.15) is 16.7 Å². The molecule has 0 amide bonds. The number of nitrogens with zero attached hydrogens (tertiary/aromatic N) is 1. The molecule has 2 N–H and O–H groups in total. The Bertz CT molecular complexity index is 733. The summed E-state index contributed by atoms with van der Waals surface area (Å²) in [5, 5.41) is 7.42. The lowest BCUT2D eigenvalue weighted by Crippen LogP contribution is -2.24. The number of hydrazone groups is 1. The largest absolute Gasteiger partial charge is 0.435 e. The Morgan fingerprint density at radius 2 is 1.88 bits per heavy atom. The van der Waals surface area contributed by atoms with E-state index in [1.54, 1.807) is 12.1 Å². The Kier molecular flexibility index (Phi) is 6.20. The fourth-order valence-electron chi connectivity index (χ4n) is 2.00. The number of rotatable bonds is 5. The quantitative estimate of drug-likeness (QED) is 0.482. The molecule has 0 heterocycles. The van der Waals surface area contributed by atoms with Gasteiger partial charge in [-0.25, -0.2) is 0 Å².